The largest absolute Gasteiger partial charge is 0.349 e. The maximum absolute atomic E-state index is 12.4. The first-order chi connectivity index (χ1) is 48.7. The number of allylic oxidation sites excluding steroid dienone is 2. The van der Waals surface area contributed by atoms with Crippen LogP contribution in [0.4, 0.5) is 0 Å². The second kappa shape index (κ2) is 30.7. The average Bonchev–Trinajstić information content (AvgIpc) is 1.60. The summed E-state index contributed by atoms with van der Waals surface area (Å²) < 4.78 is 0. The normalized spacial score (nSPS) is 30.9. The summed E-state index contributed by atoms with van der Waals surface area (Å²) in [4.78, 5) is 58.5. The van der Waals surface area contributed by atoms with E-state index in [2.05, 4.69) is 133 Å². The Kier molecular flexibility index (Phi) is 21.6. The van der Waals surface area contributed by atoms with Crippen LogP contribution < -0.4 is 16.0 Å². The van der Waals surface area contributed by atoms with Gasteiger partial charge in [0, 0.05) is 84.8 Å². The predicted octanol–water partition coefficient (Wildman–Crippen LogP) is 18.0. The first-order valence-corrected chi connectivity index (χ1v) is 41.1. The fourth-order valence-electron chi connectivity index (χ4n) is 24.1. The van der Waals surface area contributed by atoms with E-state index in [9.17, 15) is 19.2 Å². The van der Waals surface area contributed by atoms with E-state index in [4.69, 9.17) is 0 Å². The topological polar surface area (TPSA) is 117 Å². The molecule has 4 aliphatic heterocycles. The van der Waals surface area contributed by atoms with Gasteiger partial charge >= 0.3 is 0 Å². The molecule has 2 unspecified atom stereocenters. The van der Waals surface area contributed by atoms with Crippen LogP contribution in [0.25, 0.3) is 0 Å². The summed E-state index contributed by atoms with van der Waals surface area (Å²) in [6, 6.07) is 38.0. The van der Waals surface area contributed by atoms with Crippen molar-refractivity contribution in [2.75, 3.05) is 58.9 Å². The van der Waals surface area contributed by atoms with Gasteiger partial charge in [0.2, 0.25) is 17.7 Å². The predicted molar refractivity (Wildman–Crippen MR) is 412 cm³/mol. The summed E-state index contributed by atoms with van der Waals surface area (Å²) >= 11 is 0. The molecule has 4 aromatic carbocycles. The van der Waals surface area contributed by atoms with Crippen LogP contribution in [0.5, 0.6) is 0 Å². The minimum atomic E-state index is 0. The van der Waals surface area contributed by atoms with Gasteiger partial charge in [-0.1, -0.05) is 180 Å². The van der Waals surface area contributed by atoms with Gasteiger partial charge < -0.3 is 35.6 Å². The lowest BCUT2D eigenvalue weighted by Gasteiger charge is -2.44. The summed E-state index contributed by atoms with van der Waals surface area (Å²) in [6.07, 6.45) is 47.4. The molecule has 3 N–H and O–H groups in total. The van der Waals surface area contributed by atoms with Gasteiger partial charge in [-0.2, -0.15) is 0 Å². The molecule has 9 fully saturated rings. The molecule has 4 bridgehead atoms. The van der Waals surface area contributed by atoms with Crippen LogP contribution in [0.3, 0.4) is 0 Å². The molecule has 9 atom stereocenters. The summed E-state index contributed by atoms with van der Waals surface area (Å²) in [6.45, 7) is 15.9. The maximum atomic E-state index is 12.4. The molecule has 4 heterocycles. The minimum absolute atomic E-state index is 0. The first kappa shape index (κ1) is 70.2. The highest BCUT2D eigenvalue weighted by Crippen LogP contribution is 2.56. The number of nitrogens with one attached hydrogen (secondary N) is 3. The Morgan fingerprint density at radius 2 is 0.840 bits per heavy atom. The number of carbonyl (C=O) groups excluding carboxylic acids is 4. The van der Waals surface area contributed by atoms with E-state index < -0.39 is 0 Å². The van der Waals surface area contributed by atoms with Crippen molar-refractivity contribution in [2.45, 2.75) is 284 Å². The van der Waals surface area contributed by atoms with Gasteiger partial charge in [0.15, 0.2) is 5.78 Å². The molecule has 5 saturated carbocycles. The zero-order chi connectivity index (χ0) is 68.4. The van der Waals surface area contributed by atoms with Gasteiger partial charge in [-0.05, 0) is 249 Å². The van der Waals surface area contributed by atoms with Crippen molar-refractivity contribution in [3.05, 3.63) is 154 Å². The average molecular weight is 1360 g/mol. The van der Waals surface area contributed by atoms with Gasteiger partial charge in [-0.3, -0.25) is 19.2 Å². The number of benzene rings is 4. The lowest BCUT2D eigenvalue weighted by Crippen LogP contribution is -2.48. The number of carbonyl (C=O) groups is 4. The number of likely N-dealkylation sites (tertiary alicyclic amines) is 4. The Bertz CT molecular complexity index is 3420. The molecular weight excluding hydrogens is 1230 g/mol. The number of amides is 3. The molecule has 14 aliphatic rings. The van der Waals surface area contributed by atoms with Crippen LogP contribution in [-0.2, 0) is 36.0 Å². The van der Waals surface area contributed by atoms with Gasteiger partial charge in [-0.15, -0.1) is 0 Å². The highest BCUT2D eigenvalue weighted by molar-refractivity contribution is 6.02. The first-order valence-electron chi connectivity index (χ1n) is 41.1. The molecule has 546 valence electrons. The van der Waals surface area contributed by atoms with Crippen LogP contribution in [-0.4, -0.2) is 120 Å². The summed E-state index contributed by atoms with van der Waals surface area (Å²) in [5.74, 6) is 5.28. The van der Waals surface area contributed by atoms with E-state index in [1.54, 1.807) is 20.8 Å². The van der Waals surface area contributed by atoms with Crippen molar-refractivity contribution in [3.63, 3.8) is 0 Å². The molecular formula is C89H131N7O4. The van der Waals surface area contributed by atoms with Crippen LogP contribution >= 0.6 is 0 Å². The van der Waals surface area contributed by atoms with Crippen molar-refractivity contribution in [3.8, 4) is 0 Å². The summed E-state index contributed by atoms with van der Waals surface area (Å²) in [7, 11) is 0. The zero-order valence-corrected chi connectivity index (χ0v) is 61.7. The standard InChI is InChI=1S/2C23H34N2O.C22H30N2O.C21H25NO.4H2/c2*1-18(26)24-22-17-23(21-12-8-7-11-20(21)22)13-15-25(16-14-23)19-9-5-3-2-4-6-10-19;1-15(25)23-20-14-22(19-5-3-2-4-18(19)20)8-10-24(11-9-22)21-13-16-6-7-17(21)12-16;23-20-13-21(19-4-2-1-3-18(19)20)7-9-22(10-8-21)14-17-12-15-5-6-16(17)11-15;;;;/h2*7-8,11-12,19,22H,2-6,9-10,13-17H2,1H3,(H,24,26);2-5,16-17,20-21H,6-14H2,1H3,(H,23,25);1-6,15-17H,7-14H2;4*1H/t22-;;16-,17-,20+,21-;15-,16?,17+;;;;/m0.10..../s1. The minimum Gasteiger partial charge on any atom is -0.349 e. The Balaban J connectivity index is 0.000000137. The van der Waals surface area contributed by atoms with Gasteiger partial charge in [0.1, 0.15) is 0 Å². The number of ketones is 1. The summed E-state index contributed by atoms with van der Waals surface area (Å²) in [5, 5.41) is 9.62. The van der Waals surface area contributed by atoms with Crippen molar-refractivity contribution in [1.29, 1.82) is 0 Å². The van der Waals surface area contributed by atoms with Gasteiger partial charge in [-0.25, -0.2) is 0 Å². The monoisotopic (exact) mass is 1360 g/mol. The maximum Gasteiger partial charge on any atom is 0.217 e. The van der Waals surface area contributed by atoms with Gasteiger partial charge in [0.05, 0.1) is 18.1 Å². The number of Topliss-reactive ketones (excluding diaryl/α,β-unsaturated/α-hetero) is 1. The van der Waals surface area contributed by atoms with E-state index in [1.165, 1.54) is 265 Å². The molecule has 4 spiro atoms. The van der Waals surface area contributed by atoms with E-state index in [0.717, 1.165) is 91.8 Å². The Labute approximate surface area is 607 Å². The third kappa shape index (κ3) is 14.8. The van der Waals surface area contributed by atoms with Crippen LogP contribution in [0.15, 0.2) is 109 Å². The molecule has 11 heteroatoms. The SMILES string of the molecule is CC(=O)NC1CC2(CCN(C3CCCCCCC3)CC2)c2ccccc21.CC(=O)N[C@H]1CC2(CCN(C3CCCCCCC3)CC2)c2ccccc21.CC(=O)N[C@H]1CC2(CCN([C@@H]3C[C@@H]4CC[C@@H]3C4)CC2)c2ccccc21.O=C1CC2(CCN(C[C@H]3C[C@H]4C=CC3C4)CC2)c2ccccc21.[HH].[HH].[HH].[HH]. The molecule has 0 radical (unpaired) electrons. The van der Waals surface area contributed by atoms with Crippen molar-refractivity contribution in [1.82, 2.24) is 35.6 Å². The zero-order valence-electron chi connectivity index (χ0n) is 61.7. The highest BCUT2D eigenvalue weighted by Gasteiger charge is 2.52. The molecule has 11 nitrogen and oxygen atoms in total. The number of hydrogen-bond donors (Lipinski definition) is 3. The van der Waals surface area contributed by atoms with E-state index >= 15 is 0 Å². The van der Waals surface area contributed by atoms with Crippen molar-refractivity contribution < 1.29 is 24.9 Å². The quantitative estimate of drug-likeness (QED) is 0.149. The van der Waals surface area contributed by atoms with Crippen molar-refractivity contribution >= 4 is 23.5 Å². The third-order valence-electron chi connectivity index (χ3n) is 29.3. The molecule has 10 aliphatic carbocycles. The fraction of sp³-hybridized carbons (Fsp3) is 0.663. The third-order valence-corrected chi connectivity index (χ3v) is 29.3. The number of fused-ring (bicyclic) bond motifs is 12. The molecule has 4 aromatic rings. The van der Waals surface area contributed by atoms with Crippen LogP contribution in [0.1, 0.15) is 299 Å². The van der Waals surface area contributed by atoms with Crippen LogP contribution in [0, 0.1) is 29.6 Å². The Hall–Kier alpha value is -5.46. The molecule has 18 rings (SSSR count). The number of piperidine rings is 4. The van der Waals surface area contributed by atoms with Gasteiger partial charge in [0.25, 0.3) is 0 Å². The Morgan fingerprint density at radius 1 is 0.430 bits per heavy atom. The Morgan fingerprint density at radius 3 is 1.24 bits per heavy atom. The second-order valence-corrected chi connectivity index (χ2v) is 35.1. The number of rotatable bonds is 8. The number of nitrogens with zero attached hydrogens (tertiary/aromatic N) is 4. The lowest BCUT2D eigenvalue weighted by molar-refractivity contribution is -0.120. The fourth-order valence-corrected chi connectivity index (χ4v) is 24.1. The highest BCUT2D eigenvalue weighted by atomic mass is 16.2. The van der Waals surface area contributed by atoms with Crippen LogP contribution in [0.2, 0.25) is 0 Å². The van der Waals surface area contributed by atoms with E-state index in [-0.39, 0.29) is 63.2 Å². The van der Waals surface area contributed by atoms with E-state index in [1.807, 2.05) is 12.1 Å². The smallest absolute Gasteiger partial charge is 0.217 e. The van der Waals surface area contributed by atoms with Crippen molar-refractivity contribution in [2.24, 2.45) is 29.6 Å². The molecule has 4 saturated heterocycles. The summed E-state index contributed by atoms with van der Waals surface area (Å²) in [5.41, 5.74) is 12.0. The van der Waals surface area contributed by atoms with E-state index in [0.29, 0.717) is 5.78 Å². The second-order valence-electron chi connectivity index (χ2n) is 35.1. The molecule has 3 amide bonds. The molecule has 100 heavy (non-hydrogen) atoms. The molecule has 0 aromatic heterocycles. The number of hydrogen-bond acceptors (Lipinski definition) is 8. The lowest BCUT2D eigenvalue weighted by atomic mass is 9.73.